The fourth-order valence-electron chi connectivity index (χ4n) is 3.19. The maximum Gasteiger partial charge on any atom is 0.238 e. The van der Waals surface area contributed by atoms with Gasteiger partial charge in [0.15, 0.2) is 0 Å². The Bertz CT molecular complexity index is 1170. The van der Waals surface area contributed by atoms with E-state index in [-0.39, 0.29) is 23.0 Å². The number of anilines is 1. The van der Waals surface area contributed by atoms with Gasteiger partial charge in [-0.2, -0.15) is 0 Å². The molecule has 6 nitrogen and oxygen atoms in total. The van der Waals surface area contributed by atoms with Gasteiger partial charge in [-0.1, -0.05) is 18.2 Å². The Morgan fingerprint density at radius 1 is 1.25 bits per heavy atom. The summed E-state index contributed by atoms with van der Waals surface area (Å²) in [5.41, 5.74) is 2.72. The lowest BCUT2D eigenvalue weighted by atomic mass is 10.2. The number of aromatic nitrogens is 1. The van der Waals surface area contributed by atoms with E-state index in [9.17, 15) is 17.6 Å². The fraction of sp³-hybridized carbons (Fsp3) is 0.158. The molecule has 0 radical (unpaired) electrons. The summed E-state index contributed by atoms with van der Waals surface area (Å²) in [7, 11) is -3.84. The average Bonchev–Trinajstić information content (AvgIpc) is 3.27. The number of amides is 1. The summed E-state index contributed by atoms with van der Waals surface area (Å²) in [6.07, 6.45) is 0.725. The molecule has 0 saturated carbocycles. The van der Waals surface area contributed by atoms with Gasteiger partial charge in [0.25, 0.3) is 0 Å². The van der Waals surface area contributed by atoms with Crippen molar-refractivity contribution in [2.24, 2.45) is 5.14 Å². The van der Waals surface area contributed by atoms with Crippen LogP contribution in [0.4, 0.5) is 10.1 Å². The first kappa shape index (κ1) is 18.7. The van der Waals surface area contributed by atoms with Crippen LogP contribution in [-0.2, 0) is 27.7 Å². The molecule has 0 atom stereocenters. The predicted octanol–water partition coefficient (Wildman–Crippen LogP) is 2.73. The summed E-state index contributed by atoms with van der Waals surface area (Å²) in [6.45, 7) is 0.475. The van der Waals surface area contributed by atoms with E-state index in [2.05, 4.69) is 4.98 Å². The van der Waals surface area contributed by atoms with Gasteiger partial charge in [-0.25, -0.2) is 22.9 Å². The average molecular weight is 417 g/mol. The standard InChI is InChI=1S/C19H16FN3O3S2/c20-14-3-1-2-13(8-14)19-22-15(11-27-19)9-18(24)23-7-6-12-4-5-16(10-17(12)23)28(21,25)26/h1-5,8,10-11H,6-7,9H2,(H2,21,25,26). The molecule has 0 saturated heterocycles. The zero-order valence-electron chi connectivity index (χ0n) is 14.6. The molecule has 2 N–H and O–H groups in total. The van der Waals surface area contributed by atoms with E-state index in [0.29, 0.717) is 34.9 Å². The number of halogens is 1. The molecule has 2 heterocycles. The SMILES string of the molecule is NS(=O)(=O)c1ccc2c(c1)N(C(=O)Cc1csc(-c3cccc(F)c3)n1)CC2. The highest BCUT2D eigenvalue weighted by atomic mass is 32.2. The van der Waals surface area contributed by atoms with Gasteiger partial charge in [-0.3, -0.25) is 4.79 Å². The third kappa shape index (κ3) is 3.68. The minimum absolute atomic E-state index is 0.0204. The predicted molar refractivity (Wildman–Crippen MR) is 105 cm³/mol. The molecule has 28 heavy (non-hydrogen) atoms. The summed E-state index contributed by atoms with van der Waals surface area (Å²) in [4.78, 5) is 18.8. The number of carbonyl (C=O) groups excluding carboxylic acids is 1. The van der Waals surface area contributed by atoms with Crippen molar-refractivity contribution < 1.29 is 17.6 Å². The third-order valence-electron chi connectivity index (χ3n) is 4.54. The first-order valence-electron chi connectivity index (χ1n) is 8.48. The van der Waals surface area contributed by atoms with Crippen molar-refractivity contribution in [3.05, 3.63) is 64.9 Å². The smallest absolute Gasteiger partial charge is 0.238 e. The maximum absolute atomic E-state index is 13.4. The van der Waals surface area contributed by atoms with E-state index < -0.39 is 10.0 Å². The second kappa shape index (κ2) is 7.08. The lowest BCUT2D eigenvalue weighted by Gasteiger charge is -2.17. The first-order valence-corrected chi connectivity index (χ1v) is 10.9. The number of sulfonamides is 1. The number of hydrogen-bond acceptors (Lipinski definition) is 5. The Morgan fingerprint density at radius 3 is 2.82 bits per heavy atom. The van der Waals surface area contributed by atoms with Gasteiger partial charge in [-0.15, -0.1) is 11.3 Å². The van der Waals surface area contributed by atoms with Gasteiger partial charge < -0.3 is 4.90 Å². The minimum atomic E-state index is -3.84. The molecule has 1 aliphatic heterocycles. The molecular formula is C19H16FN3O3S2. The van der Waals surface area contributed by atoms with E-state index in [1.807, 2.05) is 0 Å². The molecule has 0 unspecified atom stereocenters. The largest absolute Gasteiger partial charge is 0.311 e. The Hall–Kier alpha value is -2.62. The number of benzene rings is 2. The molecule has 0 bridgehead atoms. The van der Waals surface area contributed by atoms with E-state index in [0.717, 1.165) is 5.56 Å². The van der Waals surface area contributed by atoms with Crippen LogP contribution in [-0.4, -0.2) is 25.9 Å². The third-order valence-corrected chi connectivity index (χ3v) is 6.39. The van der Waals surface area contributed by atoms with Crippen LogP contribution >= 0.6 is 11.3 Å². The first-order chi connectivity index (χ1) is 13.3. The van der Waals surface area contributed by atoms with Crippen LogP contribution < -0.4 is 10.0 Å². The number of rotatable bonds is 4. The van der Waals surface area contributed by atoms with Gasteiger partial charge in [0.1, 0.15) is 10.8 Å². The summed E-state index contributed by atoms with van der Waals surface area (Å²) < 4.78 is 36.6. The lowest BCUT2D eigenvalue weighted by Crippen LogP contribution is -2.30. The number of thiazole rings is 1. The quantitative estimate of drug-likeness (QED) is 0.706. The molecule has 0 aliphatic carbocycles. The highest BCUT2D eigenvalue weighted by molar-refractivity contribution is 7.89. The maximum atomic E-state index is 13.4. The van der Waals surface area contributed by atoms with Crippen LogP contribution in [0.3, 0.4) is 0 Å². The number of carbonyl (C=O) groups is 1. The molecule has 9 heteroatoms. The van der Waals surface area contributed by atoms with Gasteiger partial charge in [0.05, 0.1) is 17.0 Å². The van der Waals surface area contributed by atoms with Gasteiger partial charge in [0.2, 0.25) is 15.9 Å². The Kier molecular flexibility index (Phi) is 4.74. The van der Waals surface area contributed by atoms with Crippen LogP contribution in [0.15, 0.2) is 52.7 Å². The van der Waals surface area contributed by atoms with Gasteiger partial charge in [-0.05, 0) is 36.2 Å². The van der Waals surface area contributed by atoms with Gasteiger partial charge >= 0.3 is 0 Å². The summed E-state index contributed by atoms with van der Waals surface area (Å²) in [5, 5.41) is 7.61. The molecule has 0 fully saturated rings. The topological polar surface area (TPSA) is 93.4 Å². The van der Waals surface area contributed by atoms with Crippen LogP contribution in [0, 0.1) is 5.82 Å². The number of nitrogens with two attached hydrogens (primary N) is 1. The fourth-order valence-corrected chi connectivity index (χ4v) is 4.54. The van der Waals surface area contributed by atoms with E-state index in [1.54, 1.807) is 28.5 Å². The van der Waals surface area contributed by atoms with Crippen LogP contribution in [0.5, 0.6) is 0 Å². The summed E-state index contributed by atoms with van der Waals surface area (Å²) in [5.74, 6) is -0.522. The second-order valence-electron chi connectivity index (χ2n) is 6.46. The molecule has 1 amide bonds. The number of hydrogen-bond donors (Lipinski definition) is 1. The zero-order valence-corrected chi connectivity index (χ0v) is 16.3. The highest BCUT2D eigenvalue weighted by Crippen LogP contribution is 2.31. The van der Waals surface area contributed by atoms with Crippen molar-refractivity contribution in [3.8, 4) is 10.6 Å². The van der Waals surface area contributed by atoms with E-state index >= 15 is 0 Å². The lowest BCUT2D eigenvalue weighted by molar-refractivity contribution is -0.117. The molecule has 1 aliphatic rings. The van der Waals surface area contributed by atoms with Crippen molar-refractivity contribution >= 4 is 33.0 Å². The monoisotopic (exact) mass is 417 g/mol. The Morgan fingerprint density at radius 2 is 2.07 bits per heavy atom. The van der Waals surface area contributed by atoms with Crippen LogP contribution in [0.25, 0.3) is 10.6 Å². The van der Waals surface area contributed by atoms with Crippen molar-refractivity contribution in [1.82, 2.24) is 4.98 Å². The Labute approximate surface area is 165 Å². The number of fused-ring (bicyclic) bond motifs is 1. The molecule has 0 spiro atoms. The number of primary sulfonamides is 1. The van der Waals surface area contributed by atoms with E-state index in [1.165, 1.54) is 35.6 Å². The molecule has 2 aromatic carbocycles. The van der Waals surface area contributed by atoms with Crippen molar-refractivity contribution in [2.45, 2.75) is 17.7 Å². The van der Waals surface area contributed by atoms with Gasteiger partial charge in [0, 0.05) is 23.2 Å². The van der Waals surface area contributed by atoms with Crippen LogP contribution in [0.2, 0.25) is 0 Å². The normalized spacial score (nSPS) is 13.6. The van der Waals surface area contributed by atoms with Crippen molar-refractivity contribution in [3.63, 3.8) is 0 Å². The highest BCUT2D eigenvalue weighted by Gasteiger charge is 2.26. The second-order valence-corrected chi connectivity index (χ2v) is 8.88. The van der Waals surface area contributed by atoms with E-state index in [4.69, 9.17) is 5.14 Å². The minimum Gasteiger partial charge on any atom is -0.311 e. The summed E-state index contributed by atoms with van der Waals surface area (Å²) in [6, 6.07) is 10.7. The van der Waals surface area contributed by atoms with Crippen LogP contribution in [0.1, 0.15) is 11.3 Å². The Balaban J connectivity index is 1.55. The molecular weight excluding hydrogens is 401 g/mol. The molecule has 3 aromatic rings. The molecule has 144 valence electrons. The van der Waals surface area contributed by atoms with Crippen molar-refractivity contribution in [1.29, 1.82) is 0 Å². The summed E-state index contributed by atoms with van der Waals surface area (Å²) >= 11 is 1.34. The molecule has 4 rings (SSSR count). The molecule has 1 aromatic heterocycles. The zero-order chi connectivity index (χ0) is 19.9. The number of nitrogens with zero attached hydrogens (tertiary/aromatic N) is 2. The van der Waals surface area contributed by atoms with Crippen molar-refractivity contribution in [2.75, 3.05) is 11.4 Å².